The molecule has 0 aromatic rings. The molecule has 0 N–H and O–H groups in total. The third-order valence-corrected chi connectivity index (χ3v) is 28.7. The fourth-order valence-electron chi connectivity index (χ4n) is 7.90. The third-order valence-electron chi connectivity index (χ3n) is 14.8. The van der Waals surface area contributed by atoms with E-state index in [0.29, 0.717) is 64.6 Å². The number of nitrogens with zero attached hydrogens (tertiary/aromatic N) is 9. The van der Waals surface area contributed by atoms with Crippen molar-refractivity contribution in [2.45, 2.75) is 220 Å². The highest BCUT2D eigenvalue weighted by atomic mass is 32.2. The van der Waals surface area contributed by atoms with Crippen molar-refractivity contribution in [3.05, 3.63) is 0 Å². The van der Waals surface area contributed by atoms with E-state index in [9.17, 15) is 68.5 Å². The molecule has 0 aliphatic carbocycles. The van der Waals surface area contributed by atoms with Crippen LogP contribution in [0.15, 0.2) is 0 Å². The van der Waals surface area contributed by atoms with Crippen LogP contribution in [0.25, 0.3) is 0 Å². The number of hydrogen-bond acceptors (Lipinski definition) is 17. The van der Waals surface area contributed by atoms with Crippen LogP contribution in [0.1, 0.15) is 165 Å². The molecule has 5 heterocycles. The summed E-state index contributed by atoms with van der Waals surface area (Å²) in [4.78, 5) is 16.2. The molecule has 1 amide bonds. The van der Waals surface area contributed by atoms with Crippen molar-refractivity contribution in [2.75, 3.05) is 139 Å². The Morgan fingerprint density at radius 3 is 0.899 bits per heavy atom. The van der Waals surface area contributed by atoms with Crippen molar-refractivity contribution in [2.24, 2.45) is 0 Å². The second-order valence-electron chi connectivity index (χ2n) is 25.1. The maximum Gasteiger partial charge on any atom is 0.471 e. The molecule has 5 saturated heterocycles. The fraction of sp³-hybridized carbons (Fsp3) is 0.982. The van der Waals surface area contributed by atoms with Crippen LogP contribution in [0.3, 0.4) is 0 Å². The SMILES string of the molecule is CC(C)N1CCN(C(=O)C(F)(F)F)CC1.CC(C)N1CCOCC1.CC(C)S(=O)(=O)N(C)C.CC(C)S(=O)(=O)N(C)C(C)(C)C.CC(C)S(=O)(=O)N1CCC1.CC(C)S(=O)(=O)N1CCCC1.CC(C)S(=O)(=O)N1CCOCC1.CCN(CC)S(=O)(=O)C(C)C. The van der Waals surface area contributed by atoms with E-state index >= 15 is 0 Å². The predicted molar refractivity (Wildman–Crippen MR) is 355 cm³/mol. The molecule has 0 bridgehead atoms. The minimum Gasteiger partial charge on any atom is -0.379 e. The van der Waals surface area contributed by atoms with Crippen LogP contribution in [0.4, 0.5) is 13.2 Å². The number of hydrogen-bond donors (Lipinski definition) is 0. The number of carbonyl (C=O) groups is 1. The van der Waals surface area contributed by atoms with Crippen molar-refractivity contribution in [1.29, 1.82) is 0 Å². The lowest BCUT2D eigenvalue weighted by Gasteiger charge is -2.37. The summed E-state index contributed by atoms with van der Waals surface area (Å²) in [6.07, 6.45) is -1.68. The molecular formula is C56H122F3N9O15S6. The maximum atomic E-state index is 12.1. The molecule has 0 saturated carbocycles. The zero-order valence-corrected chi connectivity index (χ0v) is 63.6. The van der Waals surface area contributed by atoms with Gasteiger partial charge in [-0.25, -0.2) is 67.7 Å². The first-order chi connectivity index (χ1) is 40.2. The van der Waals surface area contributed by atoms with Crippen molar-refractivity contribution >= 4 is 66.0 Å². The van der Waals surface area contributed by atoms with Crippen LogP contribution in [-0.4, -0.2) is 291 Å². The van der Waals surface area contributed by atoms with Gasteiger partial charge >= 0.3 is 12.1 Å². The number of halogens is 3. The summed E-state index contributed by atoms with van der Waals surface area (Å²) in [5.41, 5.74) is -0.330. The summed E-state index contributed by atoms with van der Waals surface area (Å²) in [6, 6.07) is 1.00. The van der Waals surface area contributed by atoms with Crippen molar-refractivity contribution in [1.82, 2.24) is 40.5 Å². The van der Waals surface area contributed by atoms with Crippen LogP contribution in [0.5, 0.6) is 0 Å². The number of alkyl halides is 3. The van der Waals surface area contributed by atoms with Gasteiger partial charge in [0.15, 0.2) is 0 Å². The first kappa shape index (κ1) is 91.8. The van der Waals surface area contributed by atoms with Crippen molar-refractivity contribution in [3.63, 3.8) is 0 Å². The molecule has 538 valence electrons. The standard InChI is InChI=1S/C9H15F3N2O.C8H19NO2S.C7H15NO3S.C7H15NO2S.C7H17NO2S.C7H15NO.C6H13NO2S.C5H13NO2S/c1-7(2)13-3-5-14(6-4-13)8(15)9(10,11)12;1-7(2)12(10,11)9(6)8(3,4)5;1-7(2)12(9,10)8-3-5-11-6-4-8;1-7(2)11(9,10)8-5-3-4-6-8;1-5-8(6-2)11(9,10)7(3)4;1-7(2)8-3-5-9-6-4-8;1-6(2)10(8,9)7-4-3-5-7;1-5(2)9(7,8)6(3)4/h7H,3-6H2,1-2H3;7H,1-6H3;7H,3-6H2,1-2H3;7H,3-6H2,1-2H3;7H,5-6H2,1-4H3;7H,3-6H2,1-2H3;6H,3-5H2,1-2H3;5H,1-4H3. The Kier molecular flexibility index (Phi) is 42.8. The van der Waals surface area contributed by atoms with Gasteiger partial charge < -0.3 is 14.4 Å². The Morgan fingerprint density at radius 1 is 0.416 bits per heavy atom. The van der Waals surface area contributed by atoms with Gasteiger partial charge in [0, 0.05) is 130 Å². The second kappa shape index (κ2) is 41.5. The lowest BCUT2D eigenvalue weighted by Crippen LogP contribution is -2.53. The highest BCUT2D eigenvalue weighted by molar-refractivity contribution is 7.91. The number of amides is 1. The number of sulfonamides is 6. The summed E-state index contributed by atoms with van der Waals surface area (Å²) in [5, 5.41) is -1.80. The number of rotatable bonds is 16. The Labute approximate surface area is 540 Å². The average molecular weight is 1410 g/mol. The highest BCUT2D eigenvalue weighted by Crippen LogP contribution is 2.22. The quantitative estimate of drug-likeness (QED) is 0.173. The summed E-state index contributed by atoms with van der Waals surface area (Å²) in [6.45, 7) is 49.6. The molecule has 24 nitrogen and oxygen atoms in total. The maximum absolute atomic E-state index is 12.1. The molecule has 5 rings (SSSR count). The lowest BCUT2D eigenvalue weighted by atomic mass is 10.1. The van der Waals surface area contributed by atoms with Gasteiger partial charge in [0.25, 0.3) is 0 Å². The minimum absolute atomic E-state index is 0.163. The van der Waals surface area contributed by atoms with Crippen molar-refractivity contribution < 1.29 is 77.9 Å². The van der Waals surface area contributed by atoms with Crippen LogP contribution in [0.2, 0.25) is 0 Å². The normalized spacial score (nSPS) is 18.4. The molecule has 5 aliphatic heterocycles. The summed E-state index contributed by atoms with van der Waals surface area (Å²) in [5.74, 6) is -1.72. The smallest absolute Gasteiger partial charge is 0.379 e. The number of carbonyl (C=O) groups excluding carboxylic acids is 1. The van der Waals surface area contributed by atoms with Crippen molar-refractivity contribution in [3.8, 4) is 0 Å². The van der Waals surface area contributed by atoms with E-state index < -0.39 is 72.2 Å². The lowest BCUT2D eigenvalue weighted by molar-refractivity contribution is -0.187. The van der Waals surface area contributed by atoms with Crippen LogP contribution < -0.4 is 0 Å². The molecule has 0 aromatic carbocycles. The van der Waals surface area contributed by atoms with Gasteiger partial charge in [0.2, 0.25) is 60.1 Å². The number of morpholine rings is 2. The zero-order chi connectivity index (χ0) is 70.7. The minimum atomic E-state index is -4.74. The first-order valence-electron chi connectivity index (χ1n) is 31.1. The van der Waals surface area contributed by atoms with Gasteiger partial charge in [-0.3, -0.25) is 14.6 Å². The molecule has 0 spiro atoms. The van der Waals surface area contributed by atoms with Crippen LogP contribution in [-0.2, 0) is 74.4 Å². The largest absolute Gasteiger partial charge is 0.471 e. The summed E-state index contributed by atoms with van der Waals surface area (Å²) < 4.78 is 192. The molecule has 5 aliphatic rings. The molecule has 33 heteroatoms. The molecule has 5 fully saturated rings. The van der Waals surface area contributed by atoms with E-state index in [4.69, 9.17) is 9.47 Å². The first-order valence-corrected chi connectivity index (χ1v) is 40.1. The monoisotopic (exact) mass is 1410 g/mol. The Balaban J connectivity index is -0.000000954. The summed E-state index contributed by atoms with van der Waals surface area (Å²) >= 11 is 0. The van der Waals surface area contributed by atoms with Gasteiger partial charge in [-0.2, -0.15) is 21.8 Å². The topological polar surface area (TPSA) is 270 Å². The highest BCUT2D eigenvalue weighted by Gasteiger charge is 2.43. The Hall–Kier alpha value is -1.44. The van der Waals surface area contributed by atoms with Gasteiger partial charge in [-0.15, -0.1) is 0 Å². The average Bonchev–Trinajstić information content (AvgIpc) is 2.63. The van der Waals surface area contributed by atoms with Gasteiger partial charge in [0.05, 0.1) is 57.9 Å². The van der Waals surface area contributed by atoms with Gasteiger partial charge in [-0.1, -0.05) is 13.8 Å². The number of piperazine rings is 1. The molecule has 0 radical (unpaired) electrons. The van der Waals surface area contributed by atoms with E-state index in [1.165, 1.54) is 35.6 Å². The second-order valence-corrected chi connectivity index (χ2v) is 40.3. The van der Waals surface area contributed by atoms with Gasteiger partial charge in [0.1, 0.15) is 0 Å². The van der Waals surface area contributed by atoms with Gasteiger partial charge in [-0.05, 0) is 151 Å². The third kappa shape index (κ3) is 32.7. The zero-order valence-electron chi connectivity index (χ0n) is 58.7. The predicted octanol–water partition coefficient (Wildman–Crippen LogP) is 5.94. The number of ether oxygens (including phenoxy) is 2. The molecular weight excluding hydrogens is 1290 g/mol. The van der Waals surface area contributed by atoms with E-state index in [1.807, 2.05) is 48.5 Å². The fourth-order valence-corrected chi connectivity index (χ4v) is 15.4. The molecule has 0 aromatic heterocycles. The van der Waals surface area contributed by atoms with E-state index in [1.54, 1.807) is 94.4 Å². The van der Waals surface area contributed by atoms with E-state index in [-0.39, 0.29) is 50.1 Å². The molecule has 0 atom stereocenters. The molecule has 89 heavy (non-hydrogen) atoms. The van der Waals surface area contributed by atoms with E-state index in [0.717, 1.165) is 76.6 Å². The Bertz CT molecular complexity index is 2600. The van der Waals surface area contributed by atoms with Crippen LogP contribution >= 0.6 is 0 Å². The summed E-state index contributed by atoms with van der Waals surface area (Å²) in [7, 11) is -13.3. The van der Waals surface area contributed by atoms with Crippen LogP contribution in [0, 0.1) is 0 Å². The van der Waals surface area contributed by atoms with E-state index in [2.05, 4.69) is 23.6 Å². The Morgan fingerprint density at radius 2 is 0.708 bits per heavy atom. The molecule has 0 unspecified atom stereocenters.